The van der Waals surface area contributed by atoms with Crippen LogP contribution in [0.5, 0.6) is 0 Å². The van der Waals surface area contributed by atoms with Crippen molar-refractivity contribution in [3.05, 3.63) is 63.2 Å². The Hall–Kier alpha value is -2.27. The van der Waals surface area contributed by atoms with Crippen molar-refractivity contribution in [2.75, 3.05) is 17.7 Å². The van der Waals surface area contributed by atoms with E-state index in [0.717, 1.165) is 5.56 Å². The lowest BCUT2D eigenvalue weighted by atomic mass is 10.2. The van der Waals surface area contributed by atoms with Crippen LogP contribution in [-0.4, -0.2) is 12.0 Å². The SMILES string of the molecule is CNc1cccc(NCc2cccc(Cl)c2)c1[N+](=O)[O-]. The van der Waals surface area contributed by atoms with Gasteiger partial charge in [-0.2, -0.15) is 0 Å². The minimum atomic E-state index is -0.397. The van der Waals surface area contributed by atoms with Gasteiger partial charge in [0.15, 0.2) is 0 Å². The highest BCUT2D eigenvalue weighted by atomic mass is 35.5. The van der Waals surface area contributed by atoms with E-state index in [4.69, 9.17) is 11.6 Å². The molecular formula is C14H14ClN3O2. The number of halogens is 1. The Morgan fingerprint density at radius 2 is 1.90 bits per heavy atom. The fourth-order valence-electron chi connectivity index (χ4n) is 1.93. The van der Waals surface area contributed by atoms with E-state index in [9.17, 15) is 10.1 Å². The number of benzene rings is 2. The number of nitrogens with one attached hydrogen (secondary N) is 2. The second-order valence-electron chi connectivity index (χ2n) is 4.19. The summed E-state index contributed by atoms with van der Waals surface area (Å²) in [6.07, 6.45) is 0. The number of para-hydroxylation sites is 1. The van der Waals surface area contributed by atoms with Crippen LogP contribution in [0.15, 0.2) is 42.5 Å². The van der Waals surface area contributed by atoms with Crippen molar-refractivity contribution in [1.29, 1.82) is 0 Å². The Labute approximate surface area is 121 Å². The zero-order valence-corrected chi connectivity index (χ0v) is 11.6. The third-order valence-corrected chi connectivity index (χ3v) is 3.10. The van der Waals surface area contributed by atoms with Gasteiger partial charge in [-0.1, -0.05) is 29.8 Å². The van der Waals surface area contributed by atoms with Gasteiger partial charge >= 0.3 is 5.69 Å². The summed E-state index contributed by atoms with van der Waals surface area (Å²) in [5, 5.41) is 17.7. The molecule has 0 spiro atoms. The van der Waals surface area contributed by atoms with E-state index in [1.807, 2.05) is 18.2 Å². The highest BCUT2D eigenvalue weighted by molar-refractivity contribution is 6.30. The molecule has 0 unspecified atom stereocenters. The first-order valence-electron chi connectivity index (χ1n) is 6.05. The standard InChI is InChI=1S/C14H14ClN3O2/c1-16-12-6-3-7-13(14(12)18(19)20)17-9-10-4-2-5-11(15)8-10/h2-8,16-17H,9H2,1H3. The highest BCUT2D eigenvalue weighted by Gasteiger charge is 2.18. The number of nitro groups is 1. The van der Waals surface area contributed by atoms with Crippen molar-refractivity contribution in [3.63, 3.8) is 0 Å². The van der Waals surface area contributed by atoms with Gasteiger partial charge in [-0.3, -0.25) is 10.1 Å². The van der Waals surface area contributed by atoms with Gasteiger partial charge in [-0.25, -0.2) is 0 Å². The third-order valence-electron chi connectivity index (χ3n) is 2.86. The van der Waals surface area contributed by atoms with E-state index in [2.05, 4.69) is 10.6 Å². The van der Waals surface area contributed by atoms with Crippen molar-refractivity contribution in [2.45, 2.75) is 6.54 Å². The van der Waals surface area contributed by atoms with Gasteiger partial charge in [0.25, 0.3) is 0 Å². The minimum absolute atomic E-state index is 0.0389. The van der Waals surface area contributed by atoms with Crippen molar-refractivity contribution in [2.24, 2.45) is 0 Å². The smallest absolute Gasteiger partial charge is 0.315 e. The van der Waals surface area contributed by atoms with Gasteiger partial charge in [0.1, 0.15) is 11.4 Å². The monoisotopic (exact) mass is 291 g/mol. The van der Waals surface area contributed by atoms with Crippen LogP contribution in [0.3, 0.4) is 0 Å². The summed E-state index contributed by atoms with van der Waals surface area (Å²) in [7, 11) is 1.66. The number of hydrogen-bond donors (Lipinski definition) is 2. The largest absolute Gasteiger partial charge is 0.382 e. The van der Waals surface area contributed by atoms with Gasteiger partial charge < -0.3 is 10.6 Å². The van der Waals surface area contributed by atoms with E-state index in [1.165, 1.54) is 0 Å². The lowest BCUT2D eigenvalue weighted by Gasteiger charge is -2.10. The summed E-state index contributed by atoms with van der Waals surface area (Å²) < 4.78 is 0. The van der Waals surface area contributed by atoms with Crippen LogP contribution in [0.25, 0.3) is 0 Å². The molecule has 0 aliphatic heterocycles. The van der Waals surface area contributed by atoms with Crippen molar-refractivity contribution in [3.8, 4) is 0 Å². The Morgan fingerprint density at radius 1 is 1.20 bits per heavy atom. The lowest BCUT2D eigenvalue weighted by molar-refractivity contribution is -0.383. The van der Waals surface area contributed by atoms with Gasteiger partial charge in [-0.05, 0) is 29.8 Å². The van der Waals surface area contributed by atoms with Crippen LogP contribution in [0, 0.1) is 10.1 Å². The topological polar surface area (TPSA) is 67.2 Å². The van der Waals surface area contributed by atoms with Crippen LogP contribution in [0.2, 0.25) is 5.02 Å². The van der Waals surface area contributed by atoms with Crippen LogP contribution < -0.4 is 10.6 Å². The summed E-state index contributed by atoms with van der Waals surface area (Å²) in [6, 6.07) is 12.5. The molecule has 0 fully saturated rings. The van der Waals surface area contributed by atoms with E-state index in [0.29, 0.717) is 22.9 Å². The first kappa shape index (κ1) is 14.1. The predicted octanol–water partition coefficient (Wildman–Crippen LogP) is 3.90. The molecule has 0 bridgehead atoms. The summed E-state index contributed by atoms with van der Waals surface area (Å²) in [5.74, 6) is 0. The molecule has 6 heteroatoms. The zero-order valence-electron chi connectivity index (χ0n) is 10.9. The molecule has 104 valence electrons. The van der Waals surface area contributed by atoms with Crippen LogP contribution in [0.4, 0.5) is 17.1 Å². The summed E-state index contributed by atoms with van der Waals surface area (Å²) in [4.78, 5) is 10.8. The van der Waals surface area contributed by atoms with Crippen LogP contribution in [-0.2, 0) is 6.54 Å². The number of anilines is 2. The Kier molecular flexibility index (Phi) is 4.42. The van der Waals surface area contributed by atoms with Crippen molar-refractivity contribution >= 4 is 28.7 Å². The lowest BCUT2D eigenvalue weighted by Crippen LogP contribution is -2.04. The molecule has 0 aromatic heterocycles. The molecule has 0 aliphatic carbocycles. The predicted molar refractivity (Wildman–Crippen MR) is 81.4 cm³/mol. The second-order valence-corrected chi connectivity index (χ2v) is 4.63. The molecule has 0 saturated carbocycles. The molecule has 2 aromatic rings. The average Bonchev–Trinajstić information content (AvgIpc) is 2.44. The quantitative estimate of drug-likeness (QED) is 0.647. The average molecular weight is 292 g/mol. The van der Waals surface area contributed by atoms with Gasteiger partial charge in [0, 0.05) is 18.6 Å². The van der Waals surface area contributed by atoms with Crippen molar-refractivity contribution in [1.82, 2.24) is 0 Å². The molecule has 0 aliphatic rings. The van der Waals surface area contributed by atoms with Gasteiger partial charge in [0.2, 0.25) is 0 Å². The van der Waals surface area contributed by atoms with E-state index < -0.39 is 4.92 Å². The normalized spacial score (nSPS) is 10.1. The number of rotatable bonds is 5. The van der Waals surface area contributed by atoms with Gasteiger partial charge in [0.05, 0.1) is 4.92 Å². The molecule has 0 saturated heterocycles. The van der Waals surface area contributed by atoms with E-state index >= 15 is 0 Å². The fourth-order valence-corrected chi connectivity index (χ4v) is 2.14. The first-order valence-corrected chi connectivity index (χ1v) is 6.43. The molecule has 0 atom stereocenters. The van der Waals surface area contributed by atoms with E-state index in [1.54, 1.807) is 31.3 Å². The maximum atomic E-state index is 11.2. The number of nitro benzene ring substituents is 1. The number of nitrogens with zero attached hydrogens (tertiary/aromatic N) is 1. The summed E-state index contributed by atoms with van der Waals surface area (Å²) >= 11 is 5.91. The molecule has 0 radical (unpaired) electrons. The zero-order chi connectivity index (χ0) is 14.5. The highest BCUT2D eigenvalue weighted by Crippen LogP contribution is 2.32. The summed E-state index contributed by atoms with van der Waals surface area (Å²) in [6.45, 7) is 0.467. The molecule has 2 rings (SSSR count). The number of hydrogen-bond acceptors (Lipinski definition) is 4. The molecule has 0 amide bonds. The molecular weight excluding hydrogens is 278 g/mol. The Morgan fingerprint density at radius 3 is 2.55 bits per heavy atom. The third kappa shape index (κ3) is 3.19. The Balaban J connectivity index is 2.23. The first-order chi connectivity index (χ1) is 9.61. The molecule has 2 N–H and O–H groups in total. The Bertz CT molecular complexity index is 632. The molecule has 5 nitrogen and oxygen atoms in total. The van der Waals surface area contributed by atoms with Crippen LogP contribution in [0.1, 0.15) is 5.56 Å². The minimum Gasteiger partial charge on any atom is -0.382 e. The van der Waals surface area contributed by atoms with Crippen molar-refractivity contribution < 1.29 is 4.92 Å². The molecule has 0 heterocycles. The van der Waals surface area contributed by atoms with Crippen LogP contribution >= 0.6 is 11.6 Å². The van der Waals surface area contributed by atoms with Gasteiger partial charge in [-0.15, -0.1) is 0 Å². The summed E-state index contributed by atoms with van der Waals surface area (Å²) in [5.41, 5.74) is 1.95. The fraction of sp³-hybridized carbons (Fsp3) is 0.143. The van der Waals surface area contributed by atoms with E-state index in [-0.39, 0.29) is 5.69 Å². The maximum absolute atomic E-state index is 11.2. The molecule has 2 aromatic carbocycles. The second kappa shape index (κ2) is 6.25. The molecule has 20 heavy (non-hydrogen) atoms. The maximum Gasteiger partial charge on any atom is 0.315 e.